The van der Waals surface area contributed by atoms with Crippen LogP contribution in [0.1, 0.15) is 10.5 Å². The van der Waals surface area contributed by atoms with Crippen LogP contribution < -0.4 is 5.32 Å². The highest BCUT2D eigenvalue weighted by atomic mass is 16.4. The molecule has 3 heterocycles. The molecule has 0 aromatic carbocycles. The molecular weight excluding hydrogens is 262 g/mol. The predicted molar refractivity (Wildman–Crippen MR) is 67.7 cm³/mol. The van der Waals surface area contributed by atoms with Crippen LogP contribution in [0.15, 0.2) is 28.9 Å². The van der Waals surface area contributed by atoms with E-state index in [2.05, 4.69) is 25.7 Å². The largest absolute Gasteiger partial charge is 0.401 e. The minimum atomic E-state index is -0.415. The molecule has 0 radical (unpaired) electrons. The first-order valence-corrected chi connectivity index (χ1v) is 5.76. The first-order chi connectivity index (χ1) is 9.61. The maximum absolute atomic E-state index is 11.8. The van der Waals surface area contributed by atoms with E-state index in [1.54, 1.807) is 43.3 Å². The molecule has 0 saturated carbocycles. The first-order valence-electron chi connectivity index (χ1n) is 5.76. The highest BCUT2D eigenvalue weighted by molar-refractivity contribution is 6.01. The van der Waals surface area contributed by atoms with E-state index in [1.165, 1.54) is 4.68 Å². The van der Waals surface area contributed by atoms with Gasteiger partial charge < -0.3 is 4.42 Å². The van der Waals surface area contributed by atoms with Crippen molar-refractivity contribution in [1.29, 1.82) is 0 Å². The normalized spacial score (nSPS) is 10.7. The standard InChI is InChI=1S/C11H11N7O2/c1-17-5-3-7(15-17)9(19)12-11-14-13-10(20-11)8-4-6-18(2)16-8/h3-6H,1-2H3,(H,12,14,19). The Kier molecular flexibility index (Phi) is 2.78. The summed E-state index contributed by atoms with van der Waals surface area (Å²) >= 11 is 0. The fourth-order valence-corrected chi connectivity index (χ4v) is 1.60. The molecule has 1 N–H and O–H groups in total. The minimum Gasteiger partial charge on any atom is -0.401 e. The molecule has 0 unspecified atom stereocenters. The number of hydrogen-bond acceptors (Lipinski definition) is 6. The van der Waals surface area contributed by atoms with Gasteiger partial charge in [0, 0.05) is 26.5 Å². The molecule has 0 aliphatic rings. The van der Waals surface area contributed by atoms with Crippen LogP contribution in [-0.4, -0.2) is 35.7 Å². The predicted octanol–water partition coefficient (Wildman–Crippen LogP) is 0.456. The summed E-state index contributed by atoms with van der Waals surface area (Å²) in [5, 5.41) is 18.1. The zero-order valence-corrected chi connectivity index (χ0v) is 10.8. The Balaban J connectivity index is 1.76. The quantitative estimate of drug-likeness (QED) is 0.743. The number of carbonyl (C=O) groups excluding carboxylic acids is 1. The monoisotopic (exact) mass is 273 g/mol. The molecule has 3 aromatic heterocycles. The summed E-state index contributed by atoms with van der Waals surface area (Å²) in [6, 6.07) is 3.32. The number of aryl methyl sites for hydroxylation is 2. The fraction of sp³-hybridized carbons (Fsp3) is 0.182. The second-order valence-electron chi connectivity index (χ2n) is 4.12. The van der Waals surface area contributed by atoms with Gasteiger partial charge in [-0.3, -0.25) is 19.5 Å². The van der Waals surface area contributed by atoms with Gasteiger partial charge in [0.05, 0.1) is 0 Å². The van der Waals surface area contributed by atoms with Crippen molar-refractivity contribution < 1.29 is 9.21 Å². The van der Waals surface area contributed by atoms with Crippen molar-refractivity contribution >= 4 is 11.9 Å². The van der Waals surface area contributed by atoms with Crippen molar-refractivity contribution in [3.05, 3.63) is 30.2 Å². The second-order valence-corrected chi connectivity index (χ2v) is 4.12. The molecule has 3 aromatic rings. The van der Waals surface area contributed by atoms with E-state index in [9.17, 15) is 4.79 Å². The van der Waals surface area contributed by atoms with Gasteiger partial charge in [-0.1, -0.05) is 5.10 Å². The third-order valence-electron chi connectivity index (χ3n) is 2.52. The average molecular weight is 273 g/mol. The average Bonchev–Trinajstić information content (AvgIpc) is 3.10. The van der Waals surface area contributed by atoms with Crippen molar-refractivity contribution in [3.63, 3.8) is 0 Å². The summed E-state index contributed by atoms with van der Waals surface area (Å²) in [6.45, 7) is 0. The smallest absolute Gasteiger partial charge is 0.322 e. The van der Waals surface area contributed by atoms with Crippen LogP contribution in [0.3, 0.4) is 0 Å². The Morgan fingerprint density at radius 3 is 2.55 bits per heavy atom. The Morgan fingerprint density at radius 1 is 1.15 bits per heavy atom. The second kappa shape index (κ2) is 4.61. The summed E-state index contributed by atoms with van der Waals surface area (Å²) < 4.78 is 8.46. The van der Waals surface area contributed by atoms with Gasteiger partial charge in [-0.05, 0) is 12.1 Å². The fourth-order valence-electron chi connectivity index (χ4n) is 1.60. The molecule has 0 bridgehead atoms. The number of aromatic nitrogens is 6. The van der Waals surface area contributed by atoms with Crippen molar-refractivity contribution in [3.8, 4) is 11.6 Å². The molecule has 0 spiro atoms. The third kappa shape index (κ3) is 2.28. The van der Waals surface area contributed by atoms with Gasteiger partial charge in [0.1, 0.15) is 5.69 Å². The van der Waals surface area contributed by atoms with Gasteiger partial charge in [0.15, 0.2) is 5.69 Å². The Labute approximate surface area is 113 Å². The summed E-state index contributed by atoms with van der Waals surface area (Å²) in [5.74, 6) is -0.177. The van der Waals surface area contributed by atoms with Crippen LogP contribution in [0.25, 0.3) is 11.6 Å². The Hall–Kier alpha value is -2.97. The van der Waals surface area contributed by atoms with Crippen molar-refractivity contribution in [1.82, 2.24) is 29.8 Å². The lowest BCUT2D eigenvalue weighted by molar-refractivity contribution is 0.101. The van der Waals surface area contributed by atoms with Gasteiger partial charge in [0.2, 0.25) is 0 Å². The number of nitrogens with one attached hydrogen (secondary N) is 1. The van der Waals surface area contributed by atoms with Crippen LogP contribution in [-0.2, 0) is 14.1 Å². The number of rotatable bonds is 3. The molecular formula is C11H11N7O2. The number of hydrogen-bond donors (Lipinski definition) is 1. The zero-order valence-electron chi connectivity index (χ0n) is 10.8. The molecule has 1 amide bonds. The maximum atomic E-state index is 11.8. The summed E-state index contributed by atoms with van der Waals surface area (Å²) in [5.41, 5.74) is 0.809. The molecule has 9 heteroatoms. The Bertz CT molecular complexity index is 754. The first kappa shape index (κ1) is 12.1. The molecule has 20 heavy (non-hydrogen) atoms. The molecule has 0 saturated heterocycles. The molecule has 0 aliphatic heterocycles. The van der Waals surface area contributed by atoms with Gasteiger partial charge in [-0.25, -0.2) is 0 Å². The highest BCUT2D eigenvalue weighted by Gasteiger charge is 2.15. The minimum absolute atomic E-state index is 0.00121. The summed E-state index contributed by atoms with van der Waals surface area (Å²) in [7, 11) is 3.51. The van der Waals surface area contributed by atoms with E-state index in [4.69, 9.17) is 4.42 Å². The number of carbonyl (C=O) groups is 1. The van der Waals surface area contributed by atoms with E-state index in [-0.39, 0.29) is 17.6 Å². The number of anilines is 1. The summed E-state index contributed by atoms with van der Waals surface area (Å²) in [6.07, 6.45) is 3.42. The SMILES string of the molecule is Cn1ccc(C(=O)Nc2nnc(-c3ccn(C)n3)o2)n1. The van der Waals surface area contributed by atoms with E-state index in [1.807, 2.05) is 0 Å². The zero-order chi connectivity index (χ0) is 14.1. The number of nitrogens with zero attached hydrogens (tertiary/aromatic N) is 6. The molecule has 0 fully saturated rings. The third-order valence-corrected chi connectivity index (χ3v) is 2.52. The lowest BCUT2D eigenvalue weighted by atomic mass is 10.4. The van der Waals surface area contributed by atoms with E-state index >= 15 is 0 Å². The van der Waals surface area contributed by atoms with Crippen LogP contribution in [0.4, 0.5) is 6.01 Å². The van der Waals surface area contributed by atoms with Crippen molar-refractivity contribution in [2.75, 3.05) is 5.32 Å². The van der Waals surface area contributed by atoms with Crippen LogP contribution in [0.5, 0.6) is 0 Å². The number of amides is 1. The van der Waals surface area contributed by atoms with Crippen LogP contribution in [0.2, 0.25) is 0 Å². The van der Waals surface area contributed by atoms with Gasteiger partial charge in [0.25, 0.3) is 11.8 Å². The van der Waals surface area contributed by atoms with Gasteiger partial charge in [-0.15, -0.1) is 5.10 Å². The molecule has 0 atom stereocenters. The topological polar surface area (TPSA) is 104 Å². The van der Waals surface area contributed by atoms with Crippen LogP contribution in [0, 0.1) is 0 Å². The molecule has 3 rings (SSSR count). The molecule has 9 nitrogen and oxygen atoms in total. The van der Waals surface area contributed by atoms with Gasteiger partial charge in [-0.2, -0.15) is 10.2 Å². The van der Waals surface area contributed by atoms with E-state index in [0.29, 0.717) is 5.69 Å². The van der Waals surface area contributed by atoms with Crippen LogP contribution >= 0.6 is 0 Å². The maximum Gasteiger partial charge on any atom is 0.322 e. The van der Waals surface area contributed by atoms with Gasteiger partial charge >= 0.3 is 6.01 Å². The highest BCUT2D eigenvalue weighted by Crippen LogP contribution is 2.17. The molecule has 0 aliphatic carbocycles. The lowest BCUT2D eigenvalue weighted by Gasteiger charge is -1.95. The van der Waals surface area contributed by atoms with Crippen molar-refractivity contribution in [2.24, 2.45) is 14.1 Å². The van der Waals surface area contributed by atoms with E-state index < -0.39 is 5.91 Å². The lowest BCUT2D eigenvalue weighted by Crippen LogP contribution is -2.13. The summed E-state index contributed by atoms with van der Waals surface area (Å²) in [4.78, 5) is 11.8. The Morgan fingerprint density at radius 2 is 1.90 bits per heavy atom. The van der Waals surface area contributed by atoms with Crippen molar-refractivity contribution in [2.45, 2.75) is 0 Å². The van der Waals surface area contributed by atoms with E-state index in [0.717, 1.165) is 0 Å². The molecule has 102 valence electrons.